The van der Waals surface area contributed by atoms with E-state index in [2.05, 4.69) is 0 Å². The van der Waals surface area contributed by atoms with Crippen LogP contribution in [0.15, 0.2) is 54.6 Å². The quantitative estimate of drug-likeness (QED) is 0.685. The molecule has 0 saturated heterocycles. The van der Waals surface area contributed by atoms with E-state index in [-0.39, 0.29) is 6.61 Å². The van der Waals surface area contributed by atoms with Crippen LogP contribution in [0, 0.1) is 0 Å². The first-order valence-corrected chi connectivity index (χ1v) is 9.70. The number of aliphatic hydroxyl groups excluding tert-OH is 2. The molecule has 1 atom stereocenters. The van der Waals surface area contributed by atoms with Crippen molar-refractivity contribution in [1.29, 1.82) is 0 Å². The van der Waals surface area contributed by atoms with Gasteiger partial charge >= 0.3 is 0 Å². The van der Waals surface area contributed by atoms with Crippen molar-refractivity contribution >= 4 is 11.6 Å². The molecular weight excluding hydrogens is 358 g/mol. The van der Waals surface area contributed by atoms with E-state index in [0.717, 1.165) is 52.9 Å². The van der Waals surface area contributed by atoms with E-state index >= 15 is 0 Å². The zero-order chi connectivity index (χ0) is 18.8. The Labute approximate surface area is 164 Å². The van der Waals surface area contributed by atoms with Crippen LogP contribution in [0.1, 0.15) is 40.5 Å². The standard InChI is InChI=1S/C23H22ClNO2/c24-18-4-1-3-17(13-18)22-14-20(19-5-2-6-21(19)25-22)23(27)16-9-7-15(8-10-16)11-12-26/h1,3-4,7-10,13-14,23,26-27H,2,5-6,11-12H2. The molecule has 0 aliphatic heterocycles. The van der Waals surface area contributed by atoms with Crippen molar-refractivity contribution in [1.82, 2.24) is 4.98 Å². The Morgan fingerprint density at radius 3 is 2.59 bits per heavy atom. The van der Waals surface area contributed by atoms with Gasteiger partial charge in [-0.1, -0.05) is 48.0 Å². The van der Waals surface area contributed by atoms with E-state index in [4.69, 9.17) is 21.7 Å². The normalized spacial score (nSPS) is 14.2. The average Bonchev–Trinajstić information content (AvgIpc) is 3.16. The zero-order valence-corrected chi connectivity index (χ0v) is 15.8. The molecular formula is C23H22ClNO2. The lowest BCUT2D eigenvalue weighted by atomic mass is 9.94. The maximum Gasteiger partial charge on any atom is 0.104 e. The number of benzene rings is 2. The maximum absolute atomic E-state index is 11.1. The summed E-state index contributed by atoms with van der Waals surface area (Å²) in [6.07, 6.45) is 2.89. The van der Waals surface area contributed by atoms with Gasteiger partial charge in [-0.3, -0.25) is 4.98 Å². The second-order valence-corrected chi connectivity index (χ2v) is 7.44. The van der Waals surface area contributed by atoms with Crippen molar-refractivity contribution in [2.45, 2.75) is 31.8 Å². The minimum atomic E-state index is -0.694. The van der Waals surface area contributed by atoms with E-state index in [1.54, 1.807) is 0 Å². The number of aliphatic hydroxyl groups is 2. The Bertz CT molecular complexity index is 953. The van der Waals surface area contributed by atoms with Crippen molar-refractivity contribution in [3.63, 3.8) is 0 Å². The van der Waals surface area contributed by atoms with E-state index in [0.29, 0.717) is 11.4 Å². The molecule has 0 bridgehead atoms. The van der Waals surface area contributed by atoms with E-state index in [1.807, 2.05) is 54.6 Å². The molecule has 3 aromatic rings. The Kier molecular flexibility index (Phi) is 5.26. The van der Waals surface area contributed by atoms with Crippen LogP contribution in [-0.4, -0.2) is 21.8 Å². The molecule has 0 fully saturated rings. The molecule has 1 unspecified atom stereocenters. The summed E-state index contributed by atoms with van der Waals surface area (Å²) in [7, 11) is 0. The highest BCUT2D eigenvalue weighted by Crippen LogP contribution is 2.35. The average molecular weight is 380 g/mol. The van der Waals surface area contributed by atoms with Gasteiger partial charge in [-0.2, -0.15) is 0 Å². The van der Waals surface area contributed by atoms with Crippen molar-refractivity contribution < 1.29 is 10.2 Å². The Hall–Kier alpha value is -2.20. The maximum atomic E-state index is 11.1. The Balaban J connectivity index is 1.75. The zero-order valence-electron chi connectivity index (χ0n) is 15.0. The third-order valence-electron chi connectivity index (χ3n) is 5.20. The van der Waals surface area contributed by atoms with Crippen LogP contribution >= 0.6 is 11.6 Å². The smallest absolute Gasteiger partial charge is 0.104 e. The van der Waals surface area contributed by atoms with Crippen LogP contribution in [0.5, 0.6) is 0 Å². The lowest BCUT2D eigenvalue weighted by Gasteiger charge is -2.18. The number of hydrogen-bond donors (Lipinski definition) is 2. The fourth-order valence-electron chi connectivity index (χ4n) is 3.79. The first kappa shape index (κ1) is 18.2. The topological polar surface area (TPSA) is 53.4 Å². The Morgan fingerprint density at radius 1 is 1.04 bits per heavy atom. The van der Waals surface area contributed by atoms with Crippen LogP contribution in [0.25, 0.3) is 11.3 Å². The summed E-state index contributed by atoms with van der Waals surface area (Å²) >= 11 is 6.16. The minimum absolute atomic E-state index is 0.128. The molecule has 3 nitrogen and oxygen atoms in total. The summed E-state index contributed by atoms with van der Waals surface area (Å²) in [6.45, 7) is 0.128. The first-order valence-electron chi connectivity index (χ1n) is 9.32. The van der Waals surface area contributed by atoms with Gasteiger partial charge < -0.3 is 10.2 Å². The number of fused-ring (bicyclic) bond motifs is 1. The van der Waals surface area contributed by atoms with Gasteiger partial charge in [0.05, 0.1) is 5.69 Å². The number of aromatic nitrogens is 1. The van der Waals surface area contributed by atoms with E-state index in [1.165, 1.54) is 5.56 Å². The second-order valence-electron chi connectivity index (χ2n) is 7.00. The molecule has 1 heterocycles. The molecule has 4 heteroatoms. The molecule has 2 aromatic carbocycles. The van der Waals surface area contributed by atoms with Gasteiger partial charge in [0.1, 0.15) is 6.10 Å². The highest BCUT2D eigenvalue weighted by atomic mass is 35.5. The van der Waals surface area contributed by atoms with Gasteiger partial charge in [-0.25, -0.2) is 0 Å². The van der Waals surface area contributed by atoms with Gasteiger partial charge in [-0.05, 0) is 66.1 Å². The van der Waals surface area contributed by atoms with Crippen molar-refractivity contribution in [2.75, 3.05) is 6.61 Å². The molecule has 0 spiro atoms. The van der Waals surface area contributed by atoms with Crippen LogP contribution < -0.4 is 0 Å². The van der Waals surface area contributed by atoms with Gasteiger partial charge in [0, 0.05) is 22.9 Å². The predicted molar refractivity (Wildman–Crippen MR) is 108 cm³/mol. The molecule has 4 rings (SSSR count). The summed E-state index contributed by atoms with van der Waals surface area (Å²) in [6, 6.07) is 17.5. The van der Waals surface area contributed by atoms with E-state index < -0.39 is 6.10 Å². The molecule has 1 aliphatic rings. The predicted octanol–water partition coefficient (Wildman–Crippen LogP) is 4.51. The number of halogens is 1. The third kappa shape index (κ3) is 3.77. The van der Waals surface area contributed by atoms with Crippen molar-refractivity contribution in [2.24, 2.45) is 0 Å². The first-order chi connectivity index (χ1) is 13.2. The molecule has 0 radical (unpaired) electrons. The molecule has 27 heavy (non-hydrogen) atoms. The van der Waals surface area contributed by atoms with Crippen molar-refractivity contribution in [3.05, 3.63) is 87.6 Å². The monoisotopic (exact) mass is 379 g/mol. The highest BCUT2D eigenvalue weighted by Gasteiger charge is 2.23. The summed E-state index contributed by atoms with van der Waals surface area (Å²) in [5.41, 5.74) is 6.92. The molecule has 0 saturated carbocycles. The van der Waals surface area contributed by atoms with Crippen LogP contribution in [0.2, 0.25) is 5.02 Å². The highest BCUT2D eigenvalue weighted by molar-refractivity contribution is 6.30. The number of nitrogens with zero attached hydrogens (tertiary/aromatic N) is 1. The SMILES string of the molecule is OCCc1ccc(C(O)c2cc(-c3cccc(Cl)c3)nc3c2CCC3)cc1. The van der Waals surface area contributed by atoms with E-state index in [9.17, 15) is 5.11 Å². The summed E-state index contributed by atoms with van der Waals surface area (Å²) in [4.78, 5) is 4.84. The Morgan fingerprint density at radius 2 is 1.85 bits per heavy atom. The number of hydrogen-bond acceptors (Lipinski definition) is 3. The van der Waals surface area contributed by atoms with Gasteiger partial charge in [0.25, 0.3) is 0 Å². The minimum Gasteiger partial charge on any atom is -0.396 e. The van der Waals surface area contributed by atoms with Crippen LogP contribution in [0.3, 0.4) is 0 Å². The molecule has 1 aliphatic carbocycles. The summed E-state index contributed by atoms with van der Waals surface area (Å²) in [5.74, 6) is 0. The van der Waals surface area contributed by atoms with Gasteiger partial charge in [0.2, 0.25) is 0 Å². The summed E-state index contributed by atoms with van der Waals surface area (Å²) < 4.78 is 0. The molecule has 2 N–H and O–H groups in total. The summed E-state index contributed by atoms with van der Waals surface area (Å²) in [5, 5.41) is 20.9. The third-order valence-corrected chi connectivity index (χ3v) is 5.43. The largest absolute Gasteiger partial charge is 0.396 e. The fourth-order valence-corrected chi connectivity index (χ4v) is 3.98. The lowest BCUT2D eigenvalue weighted by Crippen LogP contribution is -2.06. The van der Waals surface area contributed by atoms with Gasteiger partial charge in [-0.15, -0.1) is 0 Å². The fraction of sp³-hybridized carbons (Fsp3) is 0.261. The molecule has 0 amide bonds. The molecule has 1 aromatic heterocycles. The van der Waals surface area contributed by atoms with Crippen LogP contribution in [-0.2, 0) is 19.3 Å². The number of pyridine rings is 1. The number of rotatable bonds is 5. The molecule has 138 valence electrons. The second kappa shape index (κ2) is 7.81. The van der Waals surface area contributed by atoms with Crippen molar-refractivity contribution in [3.8, 4) is 11.3 Å². The van der Waals surface area contributed by atoms with Gasteiger partial charge in [0.15, 0.2) is 0 Å². The number of aryl methyl sites for hydroxylation is 1. The lowest BCUT2D eigenvalue weighted by molar-refractivity contribution is 0.219. The van der Waals surface area contributed by atoms with Crippen LogP contribution in [0.4, 0.5) is 0 Å².